The van der Waals surface area contributed by atoms with Crippen molar-refractivity contribution in [2.45, 2.75) is 27.3 Å². The van der Waals surface area contributed by atoms with Crippen LogP contribution in [0.5, 0.6) is 0 Å². The van der Waals surface area contributed by atoms with E-state index in [9.17, 15) is 4.79 Å². The summed E-state index contributed by atoms with van der Waals surface area (Å²) in [4.78, 5) is 9.25. The summed E-state index contributed by atoms with van der Waals surface area (Å²) in [6.07, 6.45) is 0.833. The van der Waals surface area contributed by atoms with Crippen LogP contribution in [-0.4, -0.2) is 39.7 Å². The van der Waals surface area contributed by atoms with Crippen molar-refractivity contribution >= 4 is 14.8 Å². The molecule has 0 aromatic rings. The molecule has 0 amide bonds. The van der Waals surface area contributed by atoms with Crippen molar-refractivity contribution in [1.82, 2.24) is 0 Å². The van der Waals surface area contributed by atoms with Gasteiger partial charge in [0.15, 0.2) is 0 Å². The molecule has 0 radical (unpaired) electrons. The molecule has 1 N–H and O–H groups in total. The zero-order valence-corrected chi connectivity index (χ0v) is 11.5. The van der Waals surface area contributed by atoms with Crippen molar-refractivity contribution < 1.29 is 23.2 Å². The molecule has 0 heterocycles. The average Bonchev–Trinajstić information content (AvgIpc) is 2.19. The lowest BCUT2D eigenvalue weighted by Gasteiger charge is -2.23. The molecular formula is C10H22O5Si. The van der Waals surface area contributed by atoms with E-state index in [1.807, 2.05) is 27.3 Å². The van der Waals surface area contributed by atoms with Gasteiger partial charge >= 0.3 is 14.8 Å². The molecule has 0 fully saturated rings. The van der Waals surface area contributed by atoms with Gasteiger partial charge in [0.25, 0.3) is 0 Å². The second kappa shape index (κ2) is 10.8. The number of hydrogen-bond donors (Lipinski definition) is 1. The Labute approximate surface area is 98.4 Å². The molecule has 16 heavy (non-hydrogen) atoms. The van der Waals surface area contributed by atoms with E-state index in [1.54, 1.807) is 0 Å². The minimum absolute atomic E-state index is 0.655. The Morgan fingerprint density at radius 1 is 1.19 bits per heavy atom. The fraction of sp³-hybridized carbons (Fsp3) is 0.700. The first-order valence-electron chi connectivity index (χ1n) is 5.22. The van der Waals surface area contributed by atoms with Gasteiger partial charge in [-0.25, -0.2) is 4.79 Å². The summed E-state index contributed by atoms with van der Waals surface area (Å²) < 4.78 is 16.2. The first-order valence-corrected chi connectivity index (χ1v) is 7.45. The molecule has 0 aliphatic rings. The van der Waals surface area contributed by atoms with E-state index in [4.69, 9.17) is 18.4 Å². The van der Waals surface area contributed by atoms with Crippen molar-refractivity contribution in [3.05, 3.63) is 12.7 Å². The first kappa shape index (κ1) is 17.7. The number of carboxylic acid groups (broad SMARTS) is 1. The third-order valence-corrected chi connectivity index (χ3v) is 3.83. The smallest absolute Gasteiger partial charge is 0.478 e. The lowest BCUT2D eigenvalue weighted by Crippen LogP contribution is -2.42. The average molecular weight is 250 g/mol. The van der Waals surface area contributed by atoms with Gasteiger partial charge in [0.1, 0.15) is 0 Å². The molecule has 6 heteroatoms. The van der Waals surface area contributed by atoms with Crippen LogP contribution in [0, 0.1) is 0 Å². The van der Waals surface area contributed by atoms with Crippen molar-refractivity contribution in [1.29, 1.82) is 0 Å². The van der Waals surface area contributed by atoms with E-state index in [0.717, 1.165) is 6.08 Å². The summed E-state index contributed by atoms with van der Waals surface area (Å²) in [6, 6.07) is 0. The molecule has 0 aliphatic heterocycles. The van der Waals surface area contributed by atoms with Crippen LogP contribution in [0.3, 0.4) is 0 Å². The van der Waals surface area contributed by atoms with Gasteiger partial charge in [-0.3, -0.25) is 0 Å². The van der Waals surface area contributed by atoms with E-state index in [2.05, 4.69) is 6.58 Å². The van der Waals surface area contributed by atoms with Crippen LogP contribution in [0.15, 0.2) is 12.7 Å². The van der Waals surface area contributed by atoms with Crippen LogP contribution in [0.1, 0.15) is 20.8 Å². The predicted molar refractivity (Wildman–Crippen MR) is 64.3 cm³/mol. The Kier molecular flexibility index (Phi) is 12.0. The van der Waals surface area contributed by atoms with E-state index in [1.165, 1.54) is 0 Å². The normalized spacial score (nSPS) is 10.2. The Hall–Kier alpha value is -0.693. The molecule has 0 aromatic heterocycles. The van der Waals surface area contributed by atoms with Crippen LogP contribution in [0.25, 0.3) is 0 Å². The fourth-order valence-electron chi connectivity index (χ4n) is 0.912. The molecular weight excluding hydrogens is 228 g/mol. The maximum absolute atomic E-state index is 9.25. The third kappa shape index (κ3) is 11.4. The molecule has 0 unspecified atom stereocenters. The van der Waals surface area contributed by atoms with Crippen molar-refractivity contribution in [2.24, 2.45) is 0 Å². The van der Waals surface area contributed by atoms with Crippen LogP contribution in [0.4, 0.5) is 0 Å². The molecule has 0 saturated carbocycles. The van der Waals surface area contributed by atoms with E-state index in [-0.39, 0.29) is 0 Å². The highest BCUT2D eigenvalue weighted by Gasteiger charge is 2.32. The summed E-state index contributed by atoms with van der Waals surface area (Å²) in [5, 5.41) is 7.60. The highest BCUT2D eigenvalue weighted by atomic mass is 28.4. The Balaban J connectivity index is 0. The van der Waals surface area contributed by atoms with Gasteiger partial charge in [-0.05, 0) is 20.8 Å². The summed E-state index contributed by atoms with van der Waals surface area (Å²) in [5.41, 5.74) is 0. The third-order valence-electron chi connectivity index (χ3n) is 1.39. The van der Waals surface area contributed by atoms with Gasteiger partial charge in [0.05, 0.1) is 0 Å². The zero-order valence-electron chi connectivity index (χ0n) is 10.5. The molecule has 5 nitrogen and oxygen atoms in total. The van der Waals surface area contributed by atoms with Crippen LogP contribution in [0.2, 0.25) is 6.55 Å². The van der Waals surface area contributed by atoms with Gasteiger partial charge in [-0.15, -0.1) is 0 Å². The molecule has 0 rings (SSSR count). The molecule has 0 aromatic carbocycles. The minimum Gasteiger partial charge on any atom is -0.478 e. The topological polar surface area (TPSA) is 65.0 Å². The zero-order chi connectivity index (χ0) is 13.0. The Morgan fingerprint density at radius 2 is 1.44 bits per heavy atom. The predicted octanol–water partition coefficient (Wildman–Crippen LogP) is 1.92. The number of carbonyl (C=O) groups is 1. The quantitative estimate of drug-likeness (QED) is 0.552. The van der Waals surface area contributed by atoms with Crippen molar-refractivity contribution in [3.63, 3.8) is 0 Å². The maximum Gasteiger partial charge on any atom is 0.497 e. The van der Waals surface area contributed by atoms with Crippen LogP contribution < -0.4 is 0 Å². The standard InChI is InChI=1S/C7H18O3Si.C3H4O2/c1-5-8-11(4,9-6-2)10-7-3;1-2-3(4)5/h5-7H2,1-4H3;2H,1H2,(H,4,5). The van der Waals surface area contributed by atoms with E-state index >= 15 is 0 Å². The van der Waals surface area contributed by atoms with Gasteiger partial charge in [0.2, 0.25) is 0 Å². The molecule has 0 atom stereocenters. The largest absolute Gasteiger partial charge is 0.497 e. The van der Waals surface area contributed by atoms with Crippen LogP contribution in [-0.2, 0) is 18.1 Å². The second-order valence-corrected chi connectivity index (χ2v) is 5.29. The van der Waals surface area contributed by atoms with E-state index < -0.39 is 14.8 Å². The Morgan fingerprint density at radius 3 is 1.56 bits per heavy atom. The molecule has 0 bridgehead atoms. The molecule has 0 saturated heterocycles. The Bertz CT molecular complexity index is 179. The van der Waals surface area contributed by atoms with Gasteiger partial charge < -0.3 is 18.4 Å². The number of carboxylic acids is 1. The highest BCUT2D eigenvalue weighted by Crippen LogP contribution is 2.08. The minimum atomic E-state index is -2.25. The number of aliphatic carboxylic acids is 1. The second-order valence-electron chi connectivity index (χ2n) is 2.70. The lowest BCUT2D eigenvalue weighted by atomic mass is 10.7. The summed E-state index contributed by atoms with van der Waals surface area (Å²) >= 11 is 0. The van der Waals surface area contributed by atoms with Gasteiger partial charge in [0, 0.05) is 32.4 Å². The fourth-order valence-corrected chi connectivity index (χ4v) is 2.73. The monoisotopic (exact) mass is 250 g/mol. The molecule has 96 valence electrons. The first-order chi connectivity index (χ1) is 7.45. The van der Waals surface area contributed by atoms with Crippen LogP contribution >= 0.6 is 0 Å². The summed E-state index contributed by atoms with van der Waals surface area (Å²) in [5.74, 6) is -0.981. The highest BCUT2D eigenvalue weighted by molar-refractivity contribution is 6.59. The van der Waals surface area contributed by atoms with E-state index in [0.29, 0.717) is 19.8 Å². The van der Waals surface area contributed by atoms with Gasteiger partial charge in [-0.1, -0.05) is 6.58 Å². The number of hydrogen-bond acceptors (Lipinski definition) is 4. The summed E-state index contributed by atoms with van der Waals surface area (Å²) in [6.45, 7) is 12.7. The lowest BCUT2D eigenvalue weighted by molar-refractivity contribution is -0.131. The maximum atomic E-state index is 9.25. The SMILES string of the molecule is C=CC(=O)O.CCO[Si](C)(OCC)OCC. The summed E-state index contributed by atoms with van der Waals surface area (Å²) in [7, 11) is -2.25. The molecule has 0 spiro atoms. The van der Waals surface area contributed by atoms with Gasteiger partial charge in [-0.2, -0.15) is 0 Å². The molecule has 0 aliphatic carbocycles. The van der Waals surface area contributed by atoms with Crippen molar-refractivity contribution in [3.8, 4) is 0 Å². The van der Waals surface area contributed by atoms with Crippen molar-refractivity contribution in [2.75, 3.05) is 19.8 Å². The number of rotatable bonds is 7.